The van der Waals surface area contributed by atoms with Gasteiger partial charge in [-0.05, 0) is 44.0 Å². The molecule has 2 aromatic rings. The summed E-state index contributed by atoms with van der Waals surface area (Å²) in [6.07, 6.45) is 1.09. The Hall–Kier alpha value is -2.54. The van der Waals surface area contributed by atoms with E-state index in [2.05, 4.69) is 5.32 Å². The Balaban J connectivity index is 1.99. The van der Waals surface area contributed by atoms with E-state index in [4.69, 9.17) is 4.74 Å². The summed E-state index contributed by atoms with van der Waals surface area (Å²) in [6.45, 7) is 5.59. The molecule has 2 rings (SSSR count). The maximum absolute atomic E-state index is 12.4. The fraction of sp³-hybridized carbons (Fsp3) is 0.350. The van der Waals surface area contributed by atoms with Crippen molar-refractivity contribution in [2.45, 2.75) is 26.8 Å². The van der Waals surface area contributed by atoms with Crippen LogP contribution >= 0.6 is 0 Å². The maximum Gasteiger partial charge on any atom is 0.241 e. The number of nitrogens with zero attached hydrogens (tertiary/aromatic N) is 1. The molecule has 146 valence electrons. The van der Waals surface area contributed by atoms with E-state index in [1.807, 2.05) is 57.2 Å². The van der Waals surface area contributed by atoms with E-state index in [-0.39, 0.29) is 18.5 Å². The number of sulfonamides is 1. The molecule has 0 saturated carbocycles. The highest BCUT2D eigenvalue weighted by Crippen LogP contribution is 2.21. The van der Waals surface area contributed by atoms with Crippen molar-refractivity contribution in [2.24, 2.45) is 0 Å². The molecule has 7 heteroatoms. The molecular weight excluding hydrogens is 364 g/mol. The van der Waals surface area contributed by atoms with Crippen molar-refractivity contribution in [1.82, 2.24) is 5.32 Å². The summed E-state index contributed by atoms with van der Waals surface area (Å²) in [5, 5.41) is 2.79. The number of nitrogens with one attached hydrogen (secondary N) is 1. The first kappa shape index (κ1) is 20.8. The van der Waals surface area contributed by atoms with Crippen LogP contribution in [0.4, 0.5) is 5.69 Å². The van der Waals surface area contributed by atoms with Crippen LogP contribution in [0.2, 0.25) is 0 Å². The molecule has 0 saturated heterocycles. The van der Waals surface area contributed by atoms with Crippen molar-refractivity contribution in [3.8, 4) is 5.75 Å². The van der Waals surface area contributed by atoms with Crippen molar-refractivity contribution in [2.75, 3.05) is 23.7 Å². The van der Waals surface area contributed by atoms with Crippen LogP contribution in [0.25, 0.3) is 0 Å². The first-order chi connectivity index (χ1) is 12.7. The van der Waals surface area contributed by atoms with Crippen molar-refractivity contribution in [3.05, 3.63) is 59.7 Å². The van der Waals surface area contributed by atoms with Gasteiger partial charge in [-0.1, -0.05) is 36.4 Å². The van der Waals surface area contributed by atoms with E-state index in [9.17, 15) is 13.2 Å². The predicted octanol–water partition coefficient (Wildman–Crippen LogP) is 2.65. The number of benzene rings is 2. The summed E-state index contributed by atoms with van der Waals surface area (Å²) in [4.78, 5) is 12.4. The second-order valence-corrected chi connectivity index (χ2v) is 8.51. The standard InChI is InChI=1S/C20H26N2O4S/c1-15-9-5-7-11-18(15)22(27(4,24)25)13-20(23)21-17(3)14-26-19-12-8-6-10-16(19)2/h5-12,17H,13-14H2,1-4H3,(H,21,23)/t17-/m1/s1. The van der Waals surface area contributed by atoms with E-state index in [1.165, 1.54) is 0 Å². The van der Waals surface area contributed by atoms with Gasteiger partial charge in [0.25, 0.3) is 0 Å². The van der Waals surface area contributed by atoms with E-state index in [0.717, 1.165) is 27.4 Å². The molecule has 6 nitrogen and oxygen atoms in total. The van der Waals surface area contributed by atoms with Crippen LogP contribution in [0.5, 0.6) is 5.75 Å². The van der Waals surface area contributed by atoms with Gasteiger partial charge in [0.05, 0.1) is 18.0 Å². The zero-order chi connectivity index (χ0) is 20.0. The van der Waals surface area contributed by atoms with Crippen LogP contribution in [0, 0.1) is 13.8 Å². The summed E-state index contributed by atoms with van der Waals surface area (Å²) in [6, 6.07) is 14.4. The molecule has 0 heterocycles. The van der Waals surface area contributed by atoms with E-state index in [0.29, 0.717) is 12.3 Å². The molecule has 0 radical (unpaired) electrons. The second kappa shape index (κ2) is 8.90. The number of anilines is 1. The van der Waals surface area contributed by atoms with Crippen LogP contribution in [0.3, 0.4) is 0 Å². The number of carbonyl (C=O) groups excluding carboxylic acids is 1. The third-order valence-corrected chi connectivity index (χ3v) is 5.19. The molecule has 0 fully saturated rings. The Morgan fingerprint density at radius 3 is 2.26 bits per heavy atom. The van der Waals surface area contributed by atoms with Gasteiger partial charge < -0.3 is 10.1 Å². The smallest absolute Gasteiger partial charge is 0.241 e. The average molecular weight is 391 g/mol. The van der Waals surface area contributed by atoms with Crippen molar-refractivity contribution in [3.63, 3.8) is 0 Å². The lowest BCUT2D eigenvalue weighted by molar-refractivity contribution is -0.120. The summed E-state index contributed by atoms with van der Waals surface area (Å²) < 4.78 is 31.2. The van der Waals surface area contributed by atoms with E-state index >= 15 is 0 Å². The Labute approximate surface area is 161 Å². The fourth-order valence-electron chi connectivity index (χ4n) is 2.65. The van der Waals surface area contributed by atoms with Crippen molar-refractivity contribution in [1.29, 1.82) is 0 Å². The average Bonchev–Trinajstić information content (AvgIpc) is 2.59. The topological polar surface area (TPSA) is 75.7 Å². The zero-order valence-corrected chi connectivity index (χ0v) is 16.9. The summed E-state index contributed by atoms with van der Waals surface area (Å²) in [5.41, 5.74) is 2.30. The third-order valence-electron chi connectivity index (χ3n) is 4.06. The Bertz CT molecular complexity index is 896. The van der Waals surface area contributed by atoms with Gasteiger partial charge >= 0.3 is 0 Å². The third kappa shape index (κ3) is 5.99. The monoisotopic (exact) mass is 390 g/mol. The lowest BCUT2D eigenvalue weighted by Gasteiger charge is -2.24. The van der Waals surface area contributed by atoms with Gasteiger partial charge in [0.15, 0.2) is 0 Å². The van der Waals surface area contributed by atoms with Crippen LogP contribution < -0.4 is 14.4 Å². The molecule has 1 atom stereocenters. The van der Waals surface area contributed by atoms with Gasteiger partial charge in [0.2, 0.25) is 15.9 Å². The predicted molar refractivity (Wildman–Crippen MR) is 108 cm³/mol. The number of hydrogen-bond acceptors (Lipinski definition) is 4. The molecule has 2 aromatic carbocycles. The Morgan fingerprint density at radius 1 is 1.07 bits per heavy atom. The SMILES string of the molecule is Cc1ccccc1OC[C@@H](C)NC(=O)CN(c1ccccc1C)S(C)(=O)=O. The van der Waals surface area contributed by atoms with E-state index in [1.54, 1.807) is 12.1 Å². The van der Waals surface area contributed by atoms with Crippen molar-refractivity contribution < 1.29 is 17.9 Å². The highest BCUT2D eigenvalue weighted by atomic mass is 32.2. The lowest BCUT2D eigenvalue weighted by atomic mass is 10.2. The highest BCUT2D eigenvalue weighted by molar-refractivity contribution is 7.92. The van der Waals surface area contributed by atoms with E-state index < -0.39 is 10.0 Å². The summed E-state index contributed by atoms with van der Waals surface area (Å²) in [7, 11) is -3.59. The first-order valence-corrected chi connectivity index (χ1v) is 10.5. The lowest BCUT2D eigenvalue weighted by Crippen LogP contribution is -2.45. The van der Waals surface area contributed by atoms with Gasteiger partial charge in [-0.3, -0.25) is 9.10 Å². The number of amides is 1. The Morgan fingerprint density at radius 2 is 1.67 bits per heavy atom. The van der Waals surface area contributed by atoms with Gasteiger partial charge in [-0.25, -0.2) is 8.42 Å². The second-order valence-electron chi connectivity index (χ2n) is 6.60. The van der Waals surface area contributed by atoms with Gasteiger partial charge in [0.1, 0.15) is 18.9 Å². The molecule has 0 spiro atoms. The van der Waals surface area contributed by atoms with Gasteiger partial charge in [-0.15, -0.1) is 0 Å². The maximum atomic E-state index is 12.4. The molecular formula is C20H26N2O4S. The van der Waals surface area contributed by atoms with Crippen molar-refractivity contribution >= 4 is 21.6 Å². The number of rotatable bonds is 8. The molecule has 1 N–H and O–H groups in total. The highest BCUT2D eigenvalue weighted by Gasteiger charge is 2.22. The van der Waals surface area contributed by atoms with Crippen LogP contribution in [0.15, 0.2) is 48.5 Å². The normalized spacial score (nSPS) is 12.3. The molecule has 0 aliphatic rings. The molecule has 0 unspecified atom stereocenters. The largest absolute Gasteiger partial charge is 0.491 e. The zero-order valence-electron chi connectivity index (χ0n) is 16.1. The molecule has 0 bridgehead atoms. The molecule has 0 aromatic heterocycles. The van der Waals surface area contributed by atoms with Crippen LogP contribution in [0.1, 0.15) is 18.1 Å². The summed E-state index contributed by atoms with van der Waals surface area (Å²) in [5.74, 6) is 0.376. The molecule has 1 amide bonds. The quantitative estimate of drug-likeness (QED) is 0.752. The molecule has 0 aliphatic heterocycles. The fourth-order valence-corrected chi connectivity index (χ4v) is 3.56. The minimum Gasteiger partial charge on any atom is -0.491 e. The van der Waals surface area contributed by atoms with Gasteiger partial charge in [-0.2, -0.15) is 0 Å². The number of ether oxygens (including phenoxy) is 1. The number of para-hydroxylation sites is 2. The Kier molecular flexibility index (Phi) is 6.85. The summed E-state index contributed by atoms with van der Waals surface area (Å²) >= 11 is 0. The number of hydrogen-bond donors (Lipinski definition) is 1. The van der Waals surface area contributed by atoms with Crippen LogP contribution in [-0.4, -0.2) is 39.8 Å². The van der Waals surface area contributed by atoms with Crippen LogP contribution in [-0.2, 0) is 14.8 Å². The minimum absolute atomic E-state index is 0.268. The molecule has 27 heavy (non-hydrogen) atoms. The minimum atomic E-state index is -3.59. The number of carbonyl (C=O) groups is 1. The molecule has 0 aliphatic carbocycles. The number of aryl methyl sites for hydroxylation is 2. The first-order valence-electron chi connectivity index (χ1n) is 8.69. The van der Waals surface area contributed by atoms with Gasteiger partial charge in [0, 0.05) is 0 Å².